The Kier molecular flexibility index (Phi) is 6.73. The molecule has 0 aliphatic heterocycles. The lowest BCUT2D eigenvalue weighted by molar-refractivity contribution is -0.231. The fourth-order valence-electron chi connectivity index (χ4n) is 7.27. The molecule has 0 saturated heterocycles. The van der Waals surface area contributed by atoms with Gasteiger partial charge >= 0.3 is 12.4 Å². The number of ether oxygens (including phenoxy) is 3. The van der Waals surface area contributed by atoms with Crippen molar-refractivity contribution in [1.82, 2.24) is 0 Å². The predicted molar refractivity (Wildman–Crippen MR) is 136 cm³/mol. The average molecular weight is 477 g/mol. The molecule has 35 heavy (non-hydrogen) atoms. The number of carbonyl (C=O) groups is 1. The molecule has 2 aromatic carbocycles. The zero-order chi connectivity index (χ0) is 24.6. The van der Waals surface area contributed by atoms with Crippen molar-refractivity contribution in [2.24, 2.45) is 17.8 Å². The van der Waals surface area contributed by atoms with E-state index in [1.807, 2.05) is 32.1 Å². The molecule has 0 radical (unpaired) electrons. The van der Waals surface area contributed by atoms with Gasteiger partial charge in [-0.2, -0.15) is 0 Å². The zero-order valence-electron chi connectivity index (χ0n) is 21.0. The van der Waals surface area contributed by atoms with E-state index in [1.165, 1.54) is 44.1 Å². The second kappa shape index (κ2) is 9.79. The van der Waals surface area contributed by atoms with Crippen LogP contribution in [0.5, 0.6) is 5.75 Å². The SMILES string of the molecule is CCOC(OC)Oc1cc(C(C)=Cc2ccccc2C(=O)O)ccc1C12CC3CC(CC(C3)C1)C2. The number of carboxylic acid groups (broad SMARTS) is 1. The Hall–Kier alpha value is -2.63. The molecule has 186 valence electrons. The van der Waals surface area contributed by atoms with Crippen molar-refractivity contribution < 1.29 is 24.1 Å². The van der Waals surface area contributed by atoms with Crippen molar-refractivity contribution in [2.45, 2.75) is 64.3 Å². The number of hydrogen-bond acceptors (Lipinski definition) is 4. The summed E-state index contributed by atoms with van der Waals surface area (Å²) < 4.78 is 17.5. The Bertz CT molecular complexity index is 1080. The molecule has 4 bridgehead atoms. The normalized spacial score (nSPS) is 28.2. The first kappa shape index (κ1) is 24.1. The largest absolute Gasteiger partial charge is 0.478 e. The Morgan fingerprint density at radius 2 is 1.74 bits per heavy atom. The lowest BCUT2D eigenvalue weighted by Gasteiger charge is -2.57. The van der Waals surface area contributed by atoms with Crippen LogP contribution in [0.25, 0.3) is 11.6 Å². The summed E-state index contributed by atoms with van der Waals surface area (Å²) in [6, 6.07) is 13.6. The molecule has 5 heteroatoms. The molecule has 0 heterocycles. The molecule has 4 fully saturated rings. The highest BCUT2D eigenvalue weighted by molar-refractivity contribution is 5.95. The molecule has 1 atom stereocenters. The number of allylic oxidation sites excluding steroid dienone is 1. The fourth-order valence-corrected chi connectivity index (χ4v) is 7.27. The molecule has 2 aromatic rings. The van der Waals surface area contributed by atoms with Crippen LogP contribution in [0.3, 0.4) is 0 Å². The van der Waals surface area contributed by atoms with E-state index >= 15 is 0 Å². The minimum atomic E-state index is -0.925. The smallest absolute Gasteiger partial charge is 0.336 e. The van der Waals surface area contributed by atoms with Gasteiger partial charge < -0.3 is 19.3 Å². The van der Waals surface area contributed by atoms with Gasteiger partial charge in [0.2, 0.25) is 0 Å². The van der Waals surface area contributed by atoms with Gasteiger partial charge in [-0.1, -0.05) is 36.4 Å². The molecule has 1 N–H and O–H groups in total. The van der Waals surface area contributed by atoms with Gasteiger partial charge in [-0.3, -0.25) is 0 Å². The molecule has 1 unspecified atom stereocenters. The van der Waals surface area contributed by atoms with Crippen LogP contribution in [0, 0.1) is 17.8 Å². The van der Waals surface area contributed by atoms with Crippen LogP contribution in [0.4, 0.5) is 0 Å². The highest BCUT2D eigenvalue weighted by Crippen LogP contribution is 2.62. The van der Waals surface area contributed by atoms with Crippen molar-refractivity contribution in [3.8, 4) is 5.75 Å². The van der Waals surface area contributed by atoms with Gasteiger partial charge in [0, 0.05) is 12.7 Å². The highest BCUT2D eigenvalue weighted by atomic mass is 16.8. The predicted octanol–water partition coefficient (Wildman–Crippen LogP) is 6.76. The number of benzene rings is 2. The van der Waals surface area contributed by atoms with Crippen LogP contribution in [0.1, 0.15) is 79.4 Å². The Balaban J connectivity index is 1.54. The zero-order valence-corrected chi connectivity index (χ0v) is 21.0. The Labute approximate surface area is 208 Å². The Morgan fingerprint density at radius 3 is 2.34 bits per heavy atom. The lowest BCUT2D eigenvalue weighted by atomic mass is 9.48. The number of hydrogen-bond donors (Lipinski definition) is 1. The monoisotopic (exact) mass is 476 g/mol. The van der Waals surface area contributed by atoms with Crippen LogP contribution < -0.4 is 4.74 Å². The summed E-state index contributed by atoms with van der Waals surface area (Å²) >= 11 is 0. The summed E-state index contributed by atoms with van der Waals surface area (Å²) in [7, 11) is 1.60. The molecule has 0 spiro atoms. The third kappa shape index (κ3) is 4.76. The molecular formula is C30H36O5. The third-order valence-corrected chi connectivity index (χ3v) is 8.33. The van der Waals surface area contributed by atoms with E-state index in [9.17, 15) is 9.90 Å². The third-order valence-electron chi connectivity index (χ3n) is 8.33. The Morgan fingerprint density at radius 1 is 1.09 bits per heavy atom. The van der Waals surface area contributed by atoms with Gasteiger partial charge in [0.25, 0.3) is 0 Å². The van der Waals surface area contributed by atoms with Crippen LogP contribution in [-0.2, 0) is 14.9 Å². The molecular weight excluding hydrogens is 440 g/mol. The summed E-state index contributed by atoms with van der Waals surface area (Å²) in [5.74, 6) is 2.38. The minimum absolute atomic E-state index is 0.167. The van der Waals surface area contributed by atoms with E-state index in [0.717, 1.165) is 34.6 Å². The number of carboxylic acids is 1. The fraction of sp³-hybridized carbons (Fsp3) is 0.500. The second-order valence-corrected chi connectivity index (χ2v) is 10.7. The standard InChI is InChI=1S/C30H36O5/c1-4-34-29(33-3)35-27-15-23(19(2)11-24-7-5-6-8-25(24)28(31)32)9-10-26(27)30-16-20-12-21(17-30)14-22(13-20)18-30/h5-11,15,20-22,29H,4,12-14,16-18H2,1-3H3,(H,31,32). The summed E-state index contributed by atoms with van der Waals surface area (Å²) in [4.78, 5) is 11.7. The molecule has 6 rings (SSSR count). The van der Waals surface area contributed by atoms with Crippen molar-refractivity contribution in [3.63, 3.8) is 0 Å². The molecule has 0 amide bonds. The van der Waals surface area contributed by atoms with E-state index < -0.39 is 12.4 Å². The summed E-state index contributed by atoms with van der Waals surface area (Å²) in [6.07, 6.45) is 9.81. The summed E-state index contributed by atoms with van der Waals surface area (Å²) in [5, 5.41) is 9.58. The first-order valence-electron chi connectivity index (χ1n) is 12.9. The maximum atomic E-state index is 11.7. The van der Waals surface area contributed by atoms with Gasteiger partial charge in [0.1, 0.15) is 5.75 Å². The van der Waals surface area contributed by atoms with Crippen LogP contribution >= 0.6 is 0 Å². The lowest BCUT2D eigenvalue weighted by Crippen LogP contribution is -2.48. The van der Waals surface area contributed by atoms with E-state index in [4.69, 9.17) is 14.2 Å². The van der Waals surface area contributed by atoms with Crippen molar-refractivity contribution in [1.29, 1.82) is 0 Å². The maximum Gasteiger partial charge on any atom is 0.336 e. The summed E-state index contributed by atoms with van der Waals surface area (Å²) in [5.41, 5.74) is 4.41. The van der Waals surface area contributed by atoms with E-state index in [1.54, 1.807) is 19.2 Å². The number of methoxy groups -OCH3 is 1. The highest BCUT2D eigenvalue weighted by Gasteiger charge is 2.52. The molecule has 0 aromatic heterocycles. The topological polar surface area (TPSA) is 65.0 Å². The van der Waals surface area contributed by atoms with E-state index in [-0.39, 0.29) is 5.41 Å². The van der Waals surface area contributed by atoms with Gasteiger partial charge in [-0.15, -0.1) is 0 Å². The van der Waals surface area contributed by atoms with Crippen molar-refractivity contribution in [3.05, 3.63) is 64.7 Å². The number of rotatable bonds is 9. The van der Waals surface area contributed by atoms with E-state index in [2.05, 4.69) is 18.2 Å². The molecule has 4 aliphatic rings. The van der Waals surface area contributed by atoms with Gasteiger partial charge in [-0.25, -0.2) is 4.79 Å². The van der Waals surface area contributed by atoms with Crippen molar-refractivity contribution >= 4 is 17.6 Å². The number of aromatic carboxylic acids is 1. The van der Waals surface area contributed by atoms with Gasteiger partial charge in [-0.05, 0) is 104 Å². The molecule has 4 saturated carbocycles. The van der Waals surface area contributed by atoms with E-state index in [0.29, 0.717) is 17.7 Å². The average Bonchev–Trinajstić information content (AvgIpc) is 2.83. The minimum Gasteiger partial charge on any atom is -0.478 e. The van der Waals surface area contributed by atoms with Crippen LogP contribution in [-0.4, -0.2) is 31.3 Å². The molecule has 4 aliphatic carbocycles. The maximum absolute atomic E-state index is 11.7. The first-order valence-corrected chi connectivity index (χ1v) is 12.9. The quantitative estimate of drug-likeness (QED) is 0.320. The van der Waals surface area contributed by atoms with Gasteiger partial charge in [0.15, 0.2) is 0 Å². The van der Waals surface area contributed by atoms with Crippen LogP contribution in [0.2, 0.25) is 0 Å². The van der Waals surface area contributed by atoms with Crippen molar-refractivity contribution in [2.75, 3.05) is 13.7 Å². The van der Waals surface area contributed by atoms with Gasteiger partial charge in [0.05, 0.1) is 12.2 Å². The summed E-state index contributed by atoms with van der Waals surface area (Å²) in [6.45, 7) is 3.67. The molecule has 5 nitrogen and oxygen atoms in total. The second-order valence-electron chi connectivity index (χ2n) is 10.7. The van der Waals surface area contributed by atoms with Crippen LogP contribution in [0.15, 0.2) is 42.5 Å². The first-order chi connectivity index (χ1) is 16.9.